The Morgan fingerprint density at radius 1 is 0.960 bits per heavy atom. The van der Waals surface area contributed by atoms with Crippen molar-refractivity contribution in [1.82, 2.24) is 5.32 Å². The molecular weight excluding hydrogens is 308 g/mol. The molecule has 3 aromatic carbocycles. The van der Waals surface area contributed by atoms with Crippen LogP contribution >= 0.6 is 0 Å². The summed E-state index contributed by atoms with van der Waals surface area (Å²) in [6, 6.07) is 21.7. The number of rotatable bonds is 3. The third kappa shape index (κ3) is 4.19. The van der Waals surface area contributed by atoms with Gasteiger partial charge in [0.15, 0.2) is 0 Å². The van der Waals surface area contributed by atoms with E-state index < -0.39 is 0 Å². The fourth-order valence-electron chi connectivity index (χ4n) is 2.55. The van der Waals surface area contributed by atoms with Crippen LogP contribution < -0.4 is 10.2 Å². The molecule has 124 valence electrons. The van der Waals surface area contributed by atoms with Crippen LogP contribution in [-0.2, 0) is 0 Å². The maximum Gasteiger partial charge on any atom is 0.252 e. The number of hydrogen-bond donors (Lipinski definition) is 1. The van der Waals surface area contributed by atoms with Crippen molar-refractivity contribution in [3.8, 4) is 11.8 Å². The highest BCUT2D eigenvalue weighted by atomic mass is 16.1. The molecule has 0 atom stereocenters. The normalized spacial score (nSPS) is 10.0. The largest absolute Gasteiger partial charge is 0.378 e. The highest BCUT2D eigenvalue weighted by Gasteiger charge is 2.04. The molecule has 0 aromatic heterocycles. The van der Waals surface area contributed by atoms with Crippen molar-refractivity contribution < 1.29 is 4.79 Å². The number of carbonyl (C=O) groups is 1. The van der Waals surface area contributed by atoms with Gasteiger partial charge in [-0.3, -0.25) is 4.79 Å². The summed E-state index contributed by atoms with van der Waals surface area (Å²) in [5, 5.41) is 5.03. The van der Waals surface area contributed by atoms with Crippen LogP contribution in [0, 0.1) is 11.8 Å². The third-order valence-corrected chi connectivity index (χ3v) is 3.97. The molecule has 25 heavy (non-hydrogen) atoms. The summed E-state index contributed by atoms with van der Waals surface area (Å²) in [6.45, 7) is 0.321. The lowest BCUT2D eigenvalue weighted by Crippen LogP contribution is -2.23. The minimum Gasteiger partial charge on any atom is -0.378 e. The van der Waals surface area contributed by atoms with Crippen LogP contribution in [0.15, 0.2) is 66.7 Å². The zero-order valence-corrected chi connectivity index (χ0v) is 14.4. The van der Waals surface area contributed by atoms with Gasteiger partial charge in [-0.25, -0.2) is 0 Å². The van der Waals surface area contributed by atoms with Crippen LogP contribution in [0.4, 0.5) is 5.69 Å². The zero-order valence-electron chi connectivity index (χ0n) is 14.4. The Labute approximate surface area is 148 Å². The average molecular weight is 328 g/mol. The van der Waals surface area contributed by atoms with E-state index in [4.69, 9.17) is 0 Å². The average Bonchev–Trinajstić information content (AvgIpc) is 2.65. The molecule has 0 fully saturated rings. The second-order valence-electron chi connectivity index (χ2n) is 5.99. The van der Waals surface area contributed by atoms with E-state index in [0.717, 1.165) is 22.0 Å². The molecule has 3 aromatic rings. The Balaban J connectivity index is 1.60. The van der Waals surface area contributed by atoms with E-state index in [1.807, 2.05) is 85.7 Å². The predicted octanol–water partition coefficient (Wildman–Crippen LogP) is 3.69. The summed E-state index contributed by atoms with van der Waals surface area (Å²) >= 11 is 0. The van der Waals surface area contributed by atoms with Gasteiger partial charge < -0.3 is 10.2 Å². The molecular formula is C22H20N2O. The summed E-state index contributed by atoms with van der Waals surface area (Å²) in [6.07, 6.45) is 0. The van der Waals surface area contributed by atoms with E-state index in [-0.39, 0.29) is 5.91 Å². The zero-order chi connectivity index (χ0) is 17.6. The smallest absolute Gasteiger partial charge is 0.252 e. The molecule has 0 aliphatic rings. The van der Waals surface area contributed by atoms with Crippen LogP contribution in [0.2, 0.25) is 0 Å². The van der Waals surface area contributed by atoms with Gasteiger partial charge in [0.05, 0.1) is 6.54 Å². The molecule has 3 heteroatoms. The number of anilines is 1. The maximum atomic E-state index is 12.2. The van der Waals surface area contributed by atoms with Crippen molar-refractivity contribution in [3.63, 3.8) is 0 Å². The summed E-state index contributed by atoms with van der Waals surface area (Å²) < 4.78 is 0. The molecule has 0 unspecified atom stereocenters. The lowest BCUT2D eigenvalue weighted by atomic mass is 10.1. The van der Waals surface area contributed by atoms with Gasteiger partial charge in [-0.2, -0.15) is 0 Å². The molecule has 0 saturated heterocycles. The Morgan fingerprint density at radius 3 is 2.40 bits per heavy atom. The molecule has 0 aliphatic carbocycles. The SMILES string of the molecule is CN(C)c1ccc(C#CCNC(=O)c2ccc3ccccc3c2)cc1. The molecule has 1 amide bonds. The van der Waals surface area contributed by atoms with Gasteiger partial charge in [0.25, 0.3) is 5.91 Å². The van der Waals surface area contributed by atoms with E-state index in [0.29, 0.717) is 12.1 Å². The fraction of sp³-hybridized carbons (Fsp3) is 0.136. The highest BCUT2D eigenvalue weighted by molar-refractivity contribution is 5.98. The number of amides is 1. The molecule has 1 N–H and O–H groups in total. The van der Waals surface area contributed by atoms with Gasteiger partial charge in [-0.05, 0) is 47.2 Å². The summed E-state index contributed by atoms with van der Waals surface area (Å²) in [7, 11) is 4.01. The van der Waals surface area contributed by atoms with E-state index >= 15 is 0 Å². The topological polar surface area (TPSA) is 32.3 Å². The second-order valence-corrected chi connectivity index (χ2v) is 5.99. The van der Waals surface area contributed by atoms with Gasteiger partial charge in [0.2, 0.25) is 0 Å². The molecule has 3 nitrogen and oxygen atoms in total. The number of benzene rings is 3. The molecule has 0 spiro atoms. The van der Waals surface area contributed by atoms with E-state index in [1.54, 1.807) is 0 Å². The molecule has 0 saturated carbocycles. The van der Waals surface area contributed by atoms with Crippen molar-refractivity contribution in [1.29, 1.82) is 0 Å². The summed E-state index contributed by atoms with van der Waals surface area (Å²) in [4.78, 5) is 14.3. The fourth-order valence-corrected chi connectivity index (χ4v) is 2.55. The minimum absolute atomic E-state index is 0.108. The standard InChI is InChI=1S/C22H20N2O/c1-24(2)21-13-9-17(10-14-21)6-5-15-23-22(25)20-12-11-18-7-3-4-8-19(18)16-20/h3-4,7-14,16H,15H2,1-2H3,(H,23,25). The molecule has 0 aliphatic heterocycles. The first-order chi connectivity index (χ1) is 12.1. The van der Waals surface area contributed by atoms with E-state index in [2.05, 4.69) is 17.2 Å². The van der Waals surface area contributed by atoms with Crippen LogP contribution in [0.5, 0.6) is 0 Å². The first-order valence-electron chi connectivity index (χ1n) is 8.17. The van der Waals surface area contributed by atoms with Crippen molar-refractivity contribution in [2.45, 2.75) is 0 Å². The maximum absolute atomic E-state index is 12.2. The first-order valence-corrected chi connectivity index (χ1v) is 8.17. The van der Waals surface area contributed by atoms with Gasteiger partial charge in [0.1, 0.15) is 0 Å². The summed E-state index contributed by atoms with van der Waals surface area (Å²) in [5.74, 6) is 5.95. The monoisotopic (exact) mass is 328 g/mol. The predicted molar refractivity (Wildman–Crippen MR) is 104 cm³/mol. The van der Waals surface area contributed by atoms with E-state index in [1.165, 1.54) is 0 Å². The summed E-state index contributed by atoms with van der Waals surface area (Å²) in [5.41, 5.74) is 2.72. The first kappa shape index (κ1) is 16.6. The van der Waals surface area contributed by atoms with Gasteiger partial charge in [-0.15, -0.1) is 0 Å². The molecule has 0 heterocycles. The minimum atomic E-state index is -0.108. The quantitative estimate of drug-likeness (QED) is 0.744. The van der Waals surface area contributed by atoms with E-state index in [9.17, 15) is 4.79 Å². The van der Waals surface area contributed by atoms with Crippen LogP contribution in [0.3, 0.4) is 0 Å². The number of nitrogens with zero attached hydrogens (tertiary/aromatic N) is 1. The Hall–Kier alpha value is -3.25. The van der Waals surface area contributed by atoms with Crippen molar-refractivity contribution >= 4 is 22.4 Å². The van der Waals surface area contributed by atoms with Crippen molar-refractivity contribution in [2.75, 3.05) is 25.5 Å². The van der Waals surface area contributed by atoms with Gasteiger partial charge in [-0.1, -0.05) is 42.2 Å². The second kappa shape index (κ2) is 7.55. The van der Waals surface area contributed by atoms with Gasteiger partial charge in [0, 0.05) is 30.9 Å². The lowest BCUT2D eigenvalue weighted by molar-refractivity contribution is 0.0959. The Kier molecular flexibility index (Phi) is 5.01. The van der Waals surface area contributed by atoms with Crippen molar-refractivity contribution in [2.24, 2.45) is 0 Å². The lowest BCUT2D eigenvalue weighted by Gasteiger charge is -2.11. The molecule has 0 radical (unpaired) electrons. The third-order valence-electron chi connectivity index (χ3n) is 3.97. The number of carbonyl (C=O) groups excluding carboxylic acids is 1. The Bertz CT molecular complexity index is 947. The Morgan fingerprint density at radius 2 is 1.68 bits per heavy atom. The number of fused-ring (bicyclic) bond motifs is 1. The van der Waals surface area contributed by atoms with Crippen molar-refractivity contribution in [3.05, 3.63) is 77.9 Å². The van der Waals surface area contributed by atoms with Crippen LogP contribution in [0.25, 0.3) is 10.8 Å². The van der Waals surface area contributed by atoms with Gasteiger partial charge >= 0.3 is 0 Å². The van der Waals surface area contributed by atoms with Crippen LogP contribution in [0.1, 0.15) is 15.9 Å². The van der Waals surface area contributed by atoms with Crippen LogP contribution in [-0.4, -0.2) is 26.5 Å². The molecule has 0 bridgehead atoms. The highest BCUT2D eigenvalue weighted by Crippen LogP contribution is 2.15. The number of nitrogens with one attached hydrogen (secondary N) is 1. The molecule has 3 rings (SSSR count). The number of hydrogen-bond acceptors (Lipinski definition) is 2.